The van der Waals surface area contributed by atoms with E-state index in [0.29, 0.717) is 0 Å². The molecule has 2 aliphatic rings. The van der Waals surface area contributed by atoms with Crippen LogP contribution < -0.4 is 4.74 Å². The summed E-state index contributed by atoms with van der Waals surface area (Å²) >= 11 is 0. The smallest absolute Gasteiger partial charge is 0.120 e. The molecule has 2 aliphatic carbocycles. The first-order chi connectivity index (χ1) is 5.90. The van der Waals surface area contributed by atoms with E-state index in [0.717, 1.165) is 12.4 Å². The van der Waals surface area contributed by atoms with Crippen LogP contribution in [0.25, 0.3) is 11.1 Å². The maximum atomic E-state index is 5.55. The van der Waals surface area contributed by atoms with Crippen LogP contribution in [0.1, 0.15) is 26.2 Å². The molecule has 0 heterocycles. The first-order valence-electron chi connectivity index (χ1n) is 4.68. The lowest BCUT2D eigenvalue weighted by Gasteiger charge is -2.01. The van der Waals surface area contributed by atoms with E-state index in [4.69, 9.17) is 4.74 Å². The minimum Gasteiger partial charge on any atom is -0.494 e. The van der Waals surface area contributed by atoms with Crippen molar-refractivity contribution in [3.05, 3.63) is 18.2 Å². The van der Waals surface area contributed by atoms with Crippen molar-refractivity contribution >= 4 is 0 Å². The van der Waals surface area contributed by atoms with Crippen LogP contribution in [-0.4, -0.2) is 6.61 Å². The van der Waals surface area contributed by atoms with Crippen molar-refractivity contribution in [3.8, 4) is 16.9 Å². The molecule has 0 unspecified atom stereocenters. The number of hydrogen-bond donors (Lipinski definition) is 0. The van der Waals surface area contributed by atoms with Gasteiger partial charge in [0.15, 0.2) is 0 Å². The first kappa shape index (κ1) is 7.66. The van der Waals surface area contributed by atoms with Crippen molar-refractivity contribution in [2.24, 2.45) is 0 Å². The molecule has 2 rings (SSSR count). The summed E-state index contributed by atoms with van der Waals surface area (Å²) in [5.41, 5.74) is 2.72. The molecule has 1 heteroatoms. The van der Waals surface area contributed by atoms with E-state index in [2.05, 4.69) is 25.1 Å². The maximum absolute atomic E-state index is 5.55. The summed E-state index contributed by atoms with van der Waals surface area (Å²) in [4.78, 5) is 0. The summed E-state index contributed by atoms with van der Waals surface area (Å²) in [5, 5.41) is 0. The quantitative estimate of drug-likeness (QED) is 0.613. The van der Waals surface area contributed by atoms with E-state index in [1.165, 1.54) is 30.4 Å². The van der Waals surface area contributed by atoms with Gasteiger partial charge in [0.2, 0.25) is 0 Å². The van der Waals surface area contributed by atoms with Crippen molar-refractivity contribution in [2.45, 2.75) is 26.2 Å². The minimum absolute atomic E-state index is 0.872. The fourth-order valence-electron chi connectivity index (χ4n) is 1.36. The van der Waals surface area contributed by atoms with Gasteiger partial charge in [-0.3, -0.25) is 0 Å². The molecule has 1 nitrogen and oxygen atoms in total. The Hall–Kier alpha value is -0.980. The average molecular weight is 162 g/mol. The highest BCUT2D eigenvalue weighted by atomic mass is 16.5. The van der Waals surface area contributed by atoms with Crippen LogP contribution in [-0.2, 0) is 0 Å². The molecule has 0 saturated heterocycles. The molecular formula is C11H14O. The summed E-state index contributed by atoms with van der Waals surface area (Å²) in [6, 6.07) is 6.39. The number of ether oxygens (including phenoxy) is 1. The highest BCUT2D eigenvalue weighted by Crippen LogP contribution is 2.39. The Morgan fingerprint density at radius 1 is 1.08 bits per heavy atom. The molecule has 0 radical (unpaired) electrons. The Labute approximate surface area is 73.4 Å². The Morgan fingerprint density at radius 3 is 2.50 bits per heavy atom. The monoisotopic (exact) mass is 162 g/mol. The molecule has 0 atom stereocenters. The molecule has 0 saturated carbocycles. The fourth-order valence-corrected chi connectivity index (χ4v) is 1.36. The molecule has 0 aliphatic heterocycles. The van der Waals surface area contributed by atoms with Crippen molar-refractivity contribution in [1.82, 2.24) is 0 Å². The summed E-state index contributed by atoms with van der Waals surface area (Å²) in [6.45, 7) is 3.08. The Kier molecular flexibility index (Phi) is 2.03. The number of hydrogen-bond acceptors (Lipinski definition) is 1. The van der Waals surface area contributed by atoms with Gasteiger partial charge in [-0.1, -0.05) is 19.8 Å². The third-order valence-corrected chi connectivity index (χ3v) is 2.17. The van der Waals surface area contributed by atoms with Gasteiger partial charge in [-0.15, -0.1) is 0 Å². The van der Waals surface area contributed by atoms with E-state index in [1.807, 2.05) is 0 Å². The van der Waals surface area contributed by atoms with Gasteiger partial charge in [0.1, 0.15) is 5.75 Å². The van der Waals surface area contributed by atoms with E-state index < -0.39 is 0 Å². The molecule has 12 heavy (non-hydrogen) atoms. The lowest BCUT2D eigenvalue weighted by atomic mass is 10.3. The van der Waals surface area contributed by atoms with Gasteiger partial charge in [-0.25, -0.2) is 0 Å². The third-order valence-electron chi connectivity index (χ3n) is 2.17. The van der Waals surface area contributed by atoms with Gasteiger partial charge in [0.05, 0.1) is 6.61 Å². The normalized spacial score (nSPS) is 11.4. The van der Waals surface area contributed by atoms with E-state index in [-0.39, 0.29) is 0 Å². The zero-order valence-corrected chi connectivity index (χ0v) is 7.47. The largest absolute Gasteiger partial charge is 0.494 e. The van der Waals surface area contributed by atoms with E-state index >= 15 is 0 Å². The number of unbranched alkanes of at least 4 members (excludes halogenated alkanes) is 2. The predicted octanol–water partition coefficient (Wildman–Crippen LogP) is 3.24. The summed E-state index contributed by atoms with van der Waals surface area (Å²) in [6.07, 6.45) is 3.71. The van der Waals surface area contributed by atoms with Gasteiger partial charge in [0, 0.05) is 0 Å². The topological polar surface area (TPSA) is 9.23 Å². The first-order valence-corrected chi connectivity index (χ1v) is 4.68. The summed E-state index contributed by atoms with van der Waals surface area (Å²) in [7, 11) is 0. The lowest BCUT2D eigenvalue weighted by molar-refractivity contribution is 0.307. The molecule has 0 aromatic rings. The predicted molar refractivity (Wildman–Crippen MR) is 50.5 cm³/mol. The third kappa shape index (κ3) is 1.60. The molecule has 0 amide bonds. The average Bonchev–Trinajstić information content (AvgIpc) is 2.69. The Bertz CT molecular complexity index is 258. The van der Waals surface area contributed by atoms with Crippen LogP contribution in [0.2, 0.25) is 0 Å². The number of benzene rings is 1. The molecule has 0 aromatic heterocycles. The van der Waals surface area contributed by atoms with Crippen LogP contribution >= 0.6 is 0 Å². The van der Waals surface area contributed by atoms with Gasteiger partial charge >= 0.3 is 0 Å². The second-order valence-corrected chi connectivity index (χ2v) is 3.30. The van der Waals surface area contributed by atoms with Gasteiger partial charge in [0.25, 0.3) is 0 Å². The van der Waals surface area contributed by atoms with Crippen molar-refractivity contribution in [1.29, 1.82) is 0 Å². The standard InChI is InChI=1S/C11H14O/c1-2-3-4-5-12-11-7-9-6-10(9)8-11/h6-8H,2-5H2,1H3. The van der Waals surface area contributed by atoms with Crippen molar-refractivity contribution in [3.63, 3.8) is 0 Å². The van der Waals surface area contributed by atoms with Gasteiger partial charge in [-0.2, -0.15) is 0 Å². The SMILES string of the molecule is CCCCCOc1cc2cc-2c1. The van der Waals surface area contributed by atoms with Crippen molar-refractivity contribution < 1.29 is 4.74 Å². The van der Waals surface area contributed by atoms with Gasteiger partial charge < -0.3 is 4.74 Å². The van der Waals surface area contributed by atoms with Crippen LogP contribution in [0.5, 0.6) is 5.75 Å². The summed E-state index contributed by atoms with van der Waals surface area (Å²) in [5.74, 6) is 1.05. The Balaban J connectivity index is 1.69. The molecular weight excluding hydrogens is 148 g/mol. The molecule has 0 aromatic carbocycles. The second-order valence-electron chi connectivity index (χ2n) is 3.30. The molecule has 0 spiro atoms. The molecule has 0 fully saturated rings. The molecule has 0 bridgehead atoms. The van der Waals surface area contributed by atoms with E-state index in [9.17, 15) is 0 Å². The highest BCUT2D eigenvalue weighted by Gasteiger charge is 2.14. The lowest BCUT2D eigenvalue weighted by Crippen LogP contribution is -1.95. The van der Waals surface area contributed by atoms with Crippen LogP contribution in [0.4, 0.5) is 0 Å². The Morgan fingerprint density at radius 2 is 1.83 bits per heavy atom. The zero-order chi connectivity index (χ0) is 8.39. The van der Waals surface area contributed by atoms with Gasteiger partial charge in [-0.05, 0) is 35.7 Å². The summed E-state index contributed by atoms with van der Waals surface area (Å²) < 4.78 is 5.55. The fraction of sp³-hybridized carbons (Fsp3) is 0.455. The molecule has 0 N–H and O–H groups in total. The second kappa shape index (κ2) is 3.18. The van der Waals surface area contributed by atoms with Crippen LogP contribution in [0, 0.1) is 0 Å². The van der Waals surface area contributed by atoms with Crippen molar-refractivity contribution in [2.75, 3.05) is 6.61 Å². The van der Waals surface area contributed by atoms with Crippen LogP contribution in [0.3, 0.4) is 0 Å². The molecule has 64 valence electrons. The highest BCUT2D eigenvalue weighted by molar-refractivity contribution is 5.83. The zero-order valence-electron chi connectivity index (χ0n) is 7.47. The van der Waals surface area contributed by atoms with E-state index in [1.54, 1.807) is 0 Å². The number of fused-ring (bicyclic) bond motifs is 1. The number of rotatable bonds is 5. The minimum atomic E-state index is 0.872. The maximum Gasteiger partial charge on any atom is 0.120 e. The van der Waals surface area contributed by atoms with Crippen LogP contribution in [0.15, 0.2) is 18.2 Å².